The van der Waals surface area contributed by atoms with Crippen molar-refractivity contribution in [2.24, 2.45) is 0 Å². The highest BCUT2D eigenvalue weighted by Crippen LogP contribution is 2.54. The normalized spacial score (nSPS) is 14.0. The Kier molecular flexibility index (Phi) is 5.15. The Hall–Kier alpha value is -1.23. The van der Waals surface area contributed by atoms with Crippen molar-refractivity contribution in [1.29, 1.82) is 0 Å². The van der Waals surface area contributed by atoms with E-state index in [4.69, 9.17) is 23.2 Å². The molecule has 0 aliphatic carbocycles. The Bertz CT molecular complexity index is 668. The maximum Gasteiger partial charge on any atom is 0.460 e. The minimum atomic E-state index is -7.26. The fraction of sp³-hybridized carbons (Fsp3) is 0.364. The highest BCUT2D eigenvalue weighted by Gasteiger charge is 2.83. The molecule has 13 heteroatoms. The van der Waals surface area contributed by atoms with Crippen LogP contribution in [-0.2, 0) is 0 Å². The summed E-state index contributed by atoms with van der Waals surface area (Å²) in [4.78, 5) is 11.4. The molecule has 0 bridgehead atoms. The van der Waals surface area contributed by atoms with Crippen molar-refractivity contribution in [3.8, 4) is 0 Å². The predicted octanol–water partition coefficient (Wildman–Crippen LogP) is 5.78. The van der Waals surface area contributed by atoms with E-state index in [1.165, 1.54) is 0 Å². The highest BCUT2D eigenvalue weighted by molar-refractivity contribution is 6.36. The Labute approximate surface area is 136 Å². The minimum Gasteiger partial charge on any atom is -0.287 e. The minimum absolute atomic E-state index is 0.116. The molecule has 24 heavy (non-hydrogen) atoms. The number of Topliss-reactive ketones (excluding diaryl/α,β-unsaturated/α-hetero) is 1. The molecule has 136 valence electrons. The van der Waals surface area contributed by atoms with Crippen LogP contribution in [0, 0.1) is 5.82 Å². The van der Waals surface area contributed by atoms with Gasteiger partial charge in [-0.3, -0.25) is 4.79 Å². The molecule has 1 aromatic rings. The van der Waals surface area contributed by atoms with E-state index in [2.05, 4.69) is 0 Å². The summed E-state index contributed by atoms with van der Waals surface area (Å²) in [5, 5.41) is -2.32. The van der Waals surface area contributed by atoms with Crippen molar-refractivity contribution < 1.29 is 48.7 Å². The lowest BCUT2D eigenvalue weighted by molar-refractivity contribution is -0.386. The maximum atomic E-state index is 13.4. The second kappa shape index (κ2) is 5.94. The first kappa shape index (κ1) is 20.8. The molecule has 0 heterocycles. The summed E-state index contributed by atoms with van der Waals surface area (Å²) in [6, 6.07) is 0.478. The second-order valence-electron chi connectivity index (χ2n) is 4.30. The van der Waals surface area contributed by atoms with Gasteiger partial charge in [0, 0.05) is 10.6 Å². The summed E-state index contributed by atoms with van der Waals surface area (Å²) in [6.07, 6.45) is -7.09. The van der Waals surface area contributed by atoms with Gasteiger partial charge in [0.2, 0.25) is 5.78 Å². The standard InChI is InChI=1S/C11H2Cl2F10O/c12-3-1-4(6(13)5(14)2-3)7(24)8(15,16)9(17,18)10(19,20)11(21,22)23/h1-2H. The number of hydrogen-bond donors (Lipinski definition) is 0. The van der Waals surface area contributed by atoms with Gasteiger partial charge in [-0.05, 0) is 12.1 Å². The van der Waals surface area contributed by atoms with Crippen LogP contribution in [0.15, 0.2) is 12.1 Å². The molecule has 0 saturated carbocycles. The molecule has 1 nitrogen and oxygen atoms in total. The summed E-state index contributed by atoms with van der Waals surface area (Å²) in [6.45, 7) is 0. The molecule has 1 aromatic carbocycles. The molecule has 0 amide bonds. The molecule has 0 radical (unpaired) electrons. The van der Waals surface area contributed by atoms with E-state index in [9.17, 15) is 48.7 Å². The summed E-state index contributed by atoms with van der Waals surface area (Å²) < 4.78 is 128. The van der Waals surface area contributed by atoms with E-state index >= 15 is 0 Å². The van der Waals surface area contributed by atoms with Crippen molar-refractivity contribution in [2.75, 3.05) is 0 Å². The van der Waals surface area contributed by atoms with Gasteiger partial charge in [-0.25, -0.2) is 4.39 Å². The van der Waals surface area contributed by atoms with Crippen LogP contribution < -0.4 is 0 Å². The third-order valence-corrected chi connectivity index (χ3v) is 3.27. The quantitative estimate of drug-likeness (QED) is 0.349. The molecule has 0 fully saturated rings. The van der Waals surface area contributed by atoms with Crippen LogP contribution in [-0.4, -0.2) is 29.7 Å². The third-order valence-electron chi connectivity index (χ3n) is 2.67. The first-order valence-corrected chi connectivity index (χ1v) is 6.13. The van der Waals surface area contributed by atoms with E-state index in [1.54, 1.807) is 0 Å². The lowest BCUT2D eigenvalue weighted by Gasteiger charge is -2.32. The van der Waals surface area contributed by atoms with Gasteiger partial charge in [-0.2, -0.15) is 39.5 Å². The van der Waals surface area contributed by atoms with E-state index in [-0.39, 0.29) is 6.07 Å². The molecule has 0 spiro atoms. The van der Waals surface area contributed by atoms with E-state index in [0.29, 0.717) is 6.07 Å². The number of carbonyl (C=O) groups excluding carboxylic acids is 1. The lowest BCUT2D eigenvalue weighted by atomic mass is 9.95. The number of carbonyl (C=O) groups is 1. The molecule has 0 unspecified atom stereocenters. The average Bonchev–Trinajstić information content (AvgIpc) is 2.40. The maximum absolute atomic E-state index is 13.4. The van der Waals surface area contributed by atoms with Crippen LogP contribution in [0.4, 0.5) is 43.9 Å². The zero-order valence-corrected chi connectivity index (χ0v) is 12.1. The van der Waals surface area contributed by atoms with Crippen LogP contribution in [0.1, 0.15) is 10.4 Å². The molecule has 0 atom stereocenters. The first-order chi connectivity index (χ1) is 10.5. The Morgan fingerprint density at radius 2 is 1.29 bits per heavy atom. The number of alkyl halides is 9. The Balaban J connectivity index is 3.52. The molecule has 1 rings (SSSR count). The fourth-order valence-electron chi connectivity index (χ4n) is 1.41. The summed E-state index contributed by atoms with van der Waals surface area (Å²) >= 11 is 10.3. The summed E-state index contributed by atoms with van der Waals surface area (Å²) in [7, 11) is 0. The fourth-order valence-corrected chi connectivity index (χ4v) is 1.81. The first-order valence-electron chi connectivity index (χ1n) is 5.38. The molecule has 0 N–H and O–H groups in total. The van der Waals surface area contributed by atoms with Gasteiger partial charge >= 0.3 is 23.9 Å². The van der Waals surface area contributed by atoms with Crippen LogP contribution >= 0.6 is 23.2 Å². The van der Waals surface area contributed by atoms with Crippen LogP contribution in [0.5, 0.6) is 0 Å². The number of ketones is 1. The number of halogens is 12. The van der Waals surface area contributed by atoms with E-state index < -0.39 is 51.2 Å². The number of hydrogen-bond acceptors (Lipinski definition) is 1. The zero-order chi connectivity index (χ0) is 19.3. The predicted molar refractivity (Wildman–Crippen MR) is 61.6 cm³/mol. The number of benzene rings is 1. The van der Waals surface area contributed by atoms with Gasteiger partial charge < -0.3 is 0 Å². The van der Waals surface area contributed by atoms with Gasteiger partial charge in [0.15, 0.2) is 0 Å². The molecule has 0 aromatic heterocycles. The van der Waals surface area contributed by atoms with Gasteiger partial charge in [-0.15, -0.1) is 0 Å². The highest BCUT2D eigenvalue weighted by atomic mass is 35.5. The average molecular weight is 411 g/mol. The van der Waals surface area contributed by atoms with Crippen molar-refractivity contribution in [3.63, 3.8) is 0 Å². The summed E-state index contributed by atoms with van der Waals surface area (Å²) in [5.74, 6) is -25.9. The Morgan fingerprint density at radius 1 is 0.833 bits per heavy atom. The van der Waals surface area contributed by atoms with Crippen LogP contribution in [0.3, 0.4) is 0 Å². The molecular weight excluding hydrogens is 409 g/mol. The third kappa shape index (κ3) is 3.03. The lowest BCUT2D eigenvalue weighted by Crippen LogP contribution is -2.63. The topological polar surface area (TPSA) is 17.1 Å². The Morgan fingerprint density at radius 3 is 1.71 bits per heavy atom. The largest absolute Gasteiger partial charge is 0.460 e. The monoisotopic (exact) mass is 410 g/mol. The van der Waals surface area contributed by atoms with E-state index in [1.807, 2.05) is 0 Å². The van der Waals surface area contributed by atoms with Crippen LogP contribution in [0.25, 0.3) is 0 Å². The van der Waals surface area contributed by atoms with Crippen LogP contribution in [0.2, 0.25) is 10.0 Å². The smallest absolute Gasteiger partial charge is 0.287 e. The molecule has 0 saturated heterocycles. The van der Waals surface area contributed by atoms with Crippen molar-refractivity contribution in [3.05, 3.63) is 33.6 Å². The number of rotatable bonds is 4. The molecule has 0 aliphatic heterocycles. The summed E-state index contributed by atoms with van der Waals surface area (Å²) in [5.41, 5.74) is -1.79. The molecule has 0 aliphatic rings. The van der Waals surface area contributed by atoms with Crippen molar-refractivity contribution >= 4 is 29.0 Å². The van der Waals surface area contributed by atoms with E-state index in [0.717, 1.165) is 0 Å². The second-order valence-corrected chi connectivity index (χ2v) is 5.11. The van der Waals surface area contributed by atoms with Gasteiger partial charge in [0.1, 0.15) is 5.82 Å². The van der Waals surface area contributed by atoms with Gasteiger partial charge in [0.05, 0.1) is 5.02 Å². The van der Waals surface area contributed by atoms with Gasteiger partial charge in [0.25, 0.3) is 0 Å². The molecular formula is C11H2Cl2F10O. The zero-order valence-electron chi connectivity index (χ0n) is 10.6. The van der Waals surface area contributed by atoms with Crippen molar-refractivity contribution in [1.82, 2.24) is 0 Å². The van der Waals surface area contributed by atoms with Gasteiger partial charge in [-0.1, -0.05) is 23.2 Å². The van der Waals surface area contributed by atoms with Crippen molar-refractivity contribution in [2.45, 2.75) is 23.9 Å². The SMILES string of the molecule is O=C(c1cc(Cl)cc(F)c1Cl)C(F)(F)C(F)(F)C(F)(F)C(F)(F)F.